The van der Waals surface area contributed by atoms with E-state index in [1.165, 1.54) is 6.07 Å². The van der Waals surface area contributed by atoms with Crippen molar-refractivity contribution in [2.75, 3.05) is 0 Å². The van der Waals surface area contributed by atoms with E-state index < -0.39 is 5.92 Å². The van der Waals surface area contributed by atoms with Crippen LogP contribution in [0.1, 0.15) is 34.0 Å². The van der Waals surface area contributed by atoms with Crippen molar-refractivity contribution in [3.05, 3.63) is 133 Å². The van der Waals surface area contributed by atoms with Gasteiger partial charge in [-0.05, 0) is 56.3 Å². The number of phenolic OH excluding ortho intramolecular Hbond substituents is 1. The molecular formula is C29H27ClN4O3. The Balaban J connectivity index is 1.88. The van der Waals surface area contributed by atoms with Gasteiger partial charge in [-0.25, -0.2) is 9.36 Å². The number of rotatable bonds is 5. The van der Waals surface area contributed by atoms with Crippen LogP contribution >= 0.6 is 11.6 Å². The van der Waals surface area contributed by atoms with Crippen molar-refractivity contribution in [1.82, 2.24) is 18.7 Å². The normalized spacial score (nSPS) is 11.4. The molecule has 2 heterocycles. The highest BCUT2D eigenvalue weighted by molar-refractivity contribution is 6.30. The molecule has 0 aliphatic carbocycles. The second kappa shape index (κ2) is 9.33. The number of hydrogen-bond donors (Lipinski definition) is 1. The van der Waals surface area contributed by atoms with Gasteiger partial charge in [0.25, 0.3) is 11.1 Å². The van der Waals surface area contributed by atoms with Crippen LogP contribution in [-0.2, 0) is 14.1 Å². The molecule has 0 amide bonds. The summed E-state index contributed by atoms with van der Waals surface area (Å²) < 4.78 is 6.70. The number of benzene rings is 3. The monoisotopic (exact) mass is 514 g/mol. The smallest absolute Gasteiger partial charge is 0.275 e. The zero-order chi connectivity index (χ0) is 26.4. The topological polar surface area (TPSA) is 74.1 Å². The molecule has 0 fully saturated rings. The van der Waals surface area contributed by atoms with Gasteiger partial charge in [0.1, 0.15) is 5.75 Å². The third-order valence-corrected chi connectivity index (χ3v) is 7.31. The summed E-state index contributed by atoms with van der Waals surface area (Å²) in [6, 6.07) is 23.3. The number of aromatic hydroxyl groups is 1. The van der Waals surface area contributed by atoms with Gasteiger partial charge in [-0.3, -0.25) is 19.0 Å². The predicted molar refractivity (Wildman–Crippen MR) is 146 cm³/mol. The van der Waals surface area contributed by atoms with Gasteiger partial charge in [-0.15, -0.1) is 0 Å². The molecule has 2 aromatic heterocycles. The zero-order valence-corrected chi connectivity index (χ0v) is 21.8. The lowest BCUT2D eigenvalue weighted by atomic mass is 9.84. The summed E-state index contributed by atoms with van der Waals surface area (Å²) in [7, 11) is 3.62. The van der Waals surface area contributed by atoms with E-state index >= 15 is 0 Å². The predicted octanol–water partition coefficient (Wildman–Crippen LogP) is 4.82. The number of halogens is 1. The Kier molecular flexibility index (Phi) is 6.17. The van der Waals surface area contributed by atoms with Crippen LogP contribution in [0, 0.1) is 13.8 Å². The van der Waals surface area contributed by atoms with Crippen LogP contribution in [0.5, 0.6) is 5.75 Å². The second-order valence-corrected chi connectivity index (χ2v) is 9.52. The van der Waals surface area contributed by atoms with E-state index in [4.69, 9.17) is 11.6 Å². The molecule has 0 radical (unpaired) electrons. The first-order valence-electron chi connectivity index (χ1n) is 11.9. The summed E-state index contributed by atoms with van der Waals surface area (Å²) in [6.45, 7) is 3.69. The Bertz CT molecular complexity index is 1620. The maximum Gasteiger partial charge on any atom is 0.275 e. The van der Waals surface area contributed by atoms with Crippen molar-refractivity contribution in [2.24, 2.45) is 14.1 Å². The molecule has 0 saturated heterocycles. The van der Waals surface area contributed by atoms with Gasteiger partial charge >= 0.3 is 0 Å². The molecule has 5 aromatic rings. The molecular weight excluding hydrogens is 488 g/mol. The van der Waals surface area contributed by atoms with Crippen molar-refractivity contribution < 1.29 is 5.11 Å². The lowest BCUT2D eigenvalue weighted by Gasteiger charge is -2.18. The fourth-order valence-electron chi connectivity index (χ4n) is 5.05. The molecule has 8 heteroatoms. The van der Waals surface area contributed by atoms with Gasteiger partial charge in [0.05, 0.1) is 28.4 Å². The van der Waals surface area contributed by atoms with E-state index in [1.807, 2.05) is 88.6 Å². The van der Waals surface area contributed by atoms with Crippen LogP contribution in [0.2, 0.25) is 5.02 Å². The maximum absolute atomic E-state index is 14.1. The molecule has 0 unspecified atom stereocenters. The van der Waals surface area contributed by atoms with Gasteiger partial charge in [0.15, 0.2) is 0 Å². The molecule has 188 valence electrons. The molecule has 0 atom stereocenters. The fourth-order valence-corrected chi connectivity index (χ4v) is 5.24. The molecule has 0 spiro atoms. The SMILES string of the molecule is Cc1c(C(c2cc(Cl)ccc2O)c2c(C)n(C)n(-c3ccccc3)c2=O)c(=O)n(-c2ccccc2)n1C. The summed E-state index contributed by atoms with van der Waals surface area (Å²) in [4.78, 5) is 28.2. The van der Waals surface area contributed by atoms with Gasteiger partial charge in [-0.2, -0.15) is 0 Å². The molecule has 3 aromatic carbocycles. The average molecular weight is 515 g/mol. The molecule has 0 aliphatic heterocycles. The molecule has 37 heavy (non-hydrogen) atoms. The molecule has 0 saturated carbocycles. The largest absolute Gasteiger partial charge is 0.508 e. The van der Waals surface area contributed by atoms with E-state index in [-0.39, 0.29) is 16.9 Å². The highest BCUT2D eigenvalue weighted by Gasteiger charge is 2.34. The number of hydrogen-bond acceptors (Lipinski definition) is 3. The van der Waals surface area contributed by atoms with E-state index in [1.54, 1.807) is 30.9 Å². The highest BCUT2D eigenvalue weighted by Crippen LogP contribution is 2.38. The summed E-state index contributed by atoms with van der Waals surface area (Å²) in [5.74, 6) is -0.900. The summed E-state index contributed by atoms with van der Waals surface area (Å²) in [5.41, 5.74) is 3.39. The Hall–Kier alpha value is -4.23. The maximum atomic E-state index is 14.1. The van der Waals surface area contributed by atoms with Gasteiger partial charge in [-0.1, -0.05) is 48.0 Å². The van der Waals surface area contributed by atoms with Crippen LogP contribution in [0.25, 0.3) is 11.4 Å². The zero-order valence-electron chi connectivity index (χ0n) is 21.0. The van der Waals surface area contributed by atoms with E-state index in [0.717, 1.165) is 0 Å². The Morgan fingerprint density at radius 1 is 0.703 bits per heavy atom. The third kappa shape index (κ3) is 3.92. The lowest BCUT2D eigenvalue weighted by Crippen LogP contribution is -2.26. The summed E-state index contributed by atoms with van der Waals surface area (Å²) in [5, 5.41) is 11.4. The van der Waals surface area contributed by atoms with Crippen LogP contribution in [0.3, 0.4) is 0 Å². The average Bonchev–Trinajstić information content (AvgIpc) is 3.25. The van der Waals surface area contributed by atoms with Gasteiger partial charge < -0.3 is 5.11 Å². The van der Waals surface area contributed by atoms with Crippen LogP contribution in [0.15, 0.2) is 88.5 Å². The van der Waals surface area contributed by atoms with Crippen molar-refractivity contribution in [1.29, 1.82) is 0 Å². The quantitative estimate of drug-likeness (QED) is 0.365. The molecule has 7 nitrogen and oxygen atoms in total. The third-order valence-electron chi connectivity index (χ3n) is 7.08. The van der Waals surface area contributed by atoms with Crippen molar-refractivity contribution in [3.8, 4) is 17.1 Å². The van der Waals surface area contributed by atoms with Crippen molar-refractivity contribution >= 4 is 11.6 Å². The number of phenols is 1. The molecule has 0 bridgehead atoms. The minimum absolute atomic E-state index is 0.0442. The van der Waals surface area contributed by atoms with Crippen molar-refractivity contribution in [2.45, 2.75) is 19.8 Å². The Morgan fingerprint density at radius 2 is 1.14 bits per heavy atom. The summed E-state index contributed by atoms with van der Waals surface area (Å²) >= 11 is 6.37. The second-order valence-electron chi connectivity index (χ2n) is 9.09. The van der Waals surface area contributed by atoms with E-state index in [0.29, 0.717) is 44.5 Å². The van der Waals surface area contributed by atoms with E-state index in [9.17, 15) is 14.7 Å². The van der Waals surface area contributed by atoms with Crippen LogP contribution in [-0.4, -0.2) is 23.8 Å². The lowest BCUT2D eigenvalue weighted by molar-refractivity contribution is 0.467. The van der Waals surface area contributed by atoms with Crippen molar-refractivity contribution in [3.63, 3.8) is 0 Å². The Morgan fingerprint density at radius 3 is 1.57 bits per heavy atom. The minimum atomic E-state index is -0.856. The first-order valence-corrected chi connectivity index (χ1v) is 12.3. The molecule has 1 N–H and O–H groups in total. The van der Waals surface area contributed by atoms with Crippen LogP contribution < -0.4 is 11.1 Å². The number of nitrogens with zero attached hydrogens (tertiary/aromatic N) is 4. The fraction of sp³-hybridized carbons (Fsp3) is 0.172. The summed E-state index contributed by atoms with van der Waals surface area (Å²) in [6.07, 6.45) is 0. The van der Waals surface area contributed by atoms with Crippen LogP contribution in [0.4, 0.5) is 0 Å². The highest BCUT2D eigenvalue weighted by atomic mass is 35.5. The molecule has 5 rings (SSSR count). The standard InChI is InChI=1S/C29H27ClN4O3/c1-18-25(28(36)33(31(18)3)21-11-7-5-8-12-21)27(23-17-20(30)15-16-24(23)35)26-19(2)32(4)34(29(26)37)22-13-9-6-10-14-22/h5-17,27,35H,1-4H3. The van der Waals surface area contributed by atoms with Gasteiger partial charge in [0, 0.05) is 36.1 Å². The minimum Gasteiger partial charge on any atom is -0.508 e. The number of aromatic nitrogens is 4. The first kappa shape index (κ1) is 24.5. The van der Waals surface area contributed by atoms with Gasteiger partial charge in [0.2, 0.25) is 0 Å². The number of para-hydroxylation sites is 2. The Labute approximate surface area is 219 Å². The first-order chi connectivity index (χ1) is 17.7. The van der Waals surface area contributed by atoms with E-state index in [2.05, 4.69) is 0 Å². The molecule has 0 aliphatic rings.